The average molecular weight is 396 g/mol. The molecular formula is C19H16N4O4S. The molecule has 3 aromatic rings. The second-order valence-electron chi connectivity index (χ2n) is 5.60. The number of non-ortho nitro benzene ring substituents is 1. The first-order valence-corrected chi connectivity index (χ1v) is 9.19. The molecule has 0 bridgehead atoms. The molecule has 0 fully saturated rings. The van der Waals surface area contributed by atoms with Crippen molar-refractivity contribution < 1.29 is 14.5 Å². The molecule has 0 saturated heterocycles. The highest BCUT2D eigenvalue weighted by molar-refractivity contribution is 7.99. The van der Waals surface area contributed by atoms with Crippen molar-refractivity contribution in [1.29, 1.82) is 0 Å². The summed E-state index contributed by atoms with van der Waals surface area (Å²) < 4.78 is 5.32. The van der Waals surface area contributed by atoms with Gasteiger partial charge in [-0.2, -0.15) is 0 Å². The van der Waals surface area contributed by atoms with E-state index in [1.807, 2.05) is 30.3 Å². The number of nitro benzene ring substituents is 1. The van der Waals surface area contributed by atoms with Crippen LogP contribution in [0.25, 0.3) is 11.3 Å². The normalized spacial score (nSPS) is 10.3. The molecule has 0 aliphatic rings. The van der Waals surface area contributed by atoms with Gasteiger partial charge in [-0.25, -0.2) is 0 Å². The minimum absolute atomic E-state index is 0.0803. The van der Waals surface area contributed by atoms with Gasteiger partial charge in [-0.1, -0.05) is 30.0 Å². The average Bonchev–Trinajstić information content (AvgIpc) is 2.73. The van der Waals surface area contributed by atoms with E-state index < -0.39 is 4.92 Å². The molecule has 0 radical (unpaired) electrons. The van der Waals surface area contributed by atoms with Gasteiger partial charge in [-0.05, 0) is 30.3 Å². The van der Waals surface area contributed by atoms with Crippen LogP contribution in [0.3, 0.4) is 0 Å². The zero-order valence-corrected chi connectivity index (χ0v) is 15.7. The molecule has 0 atom stereocenters. The minimum atomic E-state index is -0.511. The number of nitro groups is 1. The first-order valence-electron chi connectivity index (χ1n) is 8.21. The third kappa shape index (κ3) is 4.83. The molecular weight excluding hydrogens is 380 g/mol. The number of thioether (sulfide) groups is 1. The van der Waals surface area contributed by atoms with Crippen molar-refractivity contribution in [3.8, 4) is 17.0 Å². The zero-order chi connectivity index (χ0) is 19.9. The molecule has 0 saturated carbocycles. The molecule has 0 aliphatic heterocycles. The topological polar surface area (TPSA) is 107 Å². The minimum Gasteiger partial charge on any atom is -0.496 e. The van der Waals surface area contributed by atoms with E-state index in [2.05, 4.69) is 15.5 Å². The number of hydrogen-bond acceptors (Lipinski definition) is 7. The zero-order valence-electron chi connectivity index (χ0n) is 14.9. The lowest BCUT2D eigenvalue weighted by molar-refractivity contribution is -0.384. The standard InChI is InChI=1S/C19H16N4O4S/c1-27-17-8-3-2-7-15(17)16-9-10-19(22-21-16)28-12-18(24)20-13-5-4-6-14(11-13)23(25)26/h2-11H,12H2,1H3,(H,20,24). The Morgan fingerprint density at radius 1 is 1.14 bits per heavy atom. The first kappa shape index (κ1) is 19.3. The summed E-state index contributed by atoms with van der Waals surface area (Å²) in [6, 6.07) is 16.9. The Bertz CT molecular complexity index is 995. The number of rotatable bonds is 7. The maximum absolute atomic E-state index is 12.1. The van der Waals surface area contributed by atoms with Gasteiger partial charge < -0.3 is 10.1 Å². The van der Waals surface area contributed by atoms with E-state index >= 15 is 0 Å². The van der Waals surface area contributed by atoms with Crippen LogP contribution in [0.4, 0.5) is 11.4 Å². The number of carbonyl (C=O) groups excluding carboxylic acids is 1. The van der Waals surface area contributed by atoms with E-state index in [-0.39, 0.29) is 17.3 Å². The van der Waals surface area contributed by atoms with Crippen LogP contribution in [0.1, 0.15) is 0 Å². The molecule has 142 valence electrons. The molecule has 1 amide bonds. The molecule has 2 aromatic carbocycles. The summed E-state index contributed by atoms with van der Waals surface area (Å²) in [4.78, 5) is 22.3. The summed E-state index contributed by atoms with van der Waals surface area (Å²) in [6.45, 7) is 0. The quantitative estimate of drug-likeness (QED) is 0.368. The van der Waals surface area contributed by atoms with E-state index in [9.17, 15) is 14.9 Å². The Kier molecular flexibility index (Phi) is 6.18. The summed E-state index contributed by atoms with van der Waals surface area (Å²) in [5, 5.41) is 22.3. The molecule has 8 nitrogen and oxygen atoms in total. The van der Waals surface area contributed by atoms with E-state index in [0.29, 0.717) is 22.2 Å². The van der Waals surface area contributed by atoms with Crippen molar-refractivity contribution in [2.24, 2.45) is 0 Å². The maximum Gasteiger partial charge on any atom is 0.271 e. The molecule has 3 rings (SSSR count). The van der Waals surface area contributed by atoms with Crippen molar-refractivity contribution in [1.82, 2.24) is 10.2 Å². The lowest BCUT2D eigenvalue weighted by atomic mass is 10.1. The van der Waals surface area contributed by atoms with Gasteiger partial charge in [-0.15, -0.1) is 10.2 Å². The Morgan fingerprint density at radius 3 is 2.68 bits per heavy atom. The number of methoxy groups -OCH3 is 1. The number of para-hydroxylation sites is 1. The second kappa shape index (κ2) is 8.96. The van der Waals surface area contributed by atoms with Gasteiger partial charge in [0.1, 0.15) is 10.8 Å². The maximum atomic E-state index is 12.1. The monoisotopic (exact) mass is 396 g/mol. The third-order valence-electron chi connectivity index (χ3n) is 3.71. The van der Waals surface area contributed by atoms with Crippen LogP contribution in [0, 0.1) is 10.1 Å². The van der Waals surface area contributed by atoms with Gasteiger partial charge in [0.05, 0.1) is 23.5 Å². The van der Waals surface area contributed by atoms with Crippen molar-refractivity contribution in [2.45, 2.75) is 5.03 Å². The molecule has 1 heterocycles. The van der Waals surface area contributed by atoms with Crippen molar-refractivity contribution in [3.05, 3.63) is 70.8 Å². The summed E-state index contributed by atoms with van der Waals surface area (Å²) >= 11 is 1.22. The highest BCUT2D eigenvalue weighted by atomic mass is 32.2. The molecule has 0 unspecified atom stereocenters. The molecule has 0 aliphatic carbocycles. The number of ether oxygens (including phenoxy) is 1. The van der Waals surface area contributed by atoms with Gasteiger partial charge in [0.15, 0.2) is 0 Å². The largest absolute Gasteiger partial charge is 0.496 e. The van der Waals surface area contributed by atoms with Crippen LogP contribution < -0.4 is 10.1 Å². The number of benzene rings is 2. The Morgan fingerprint density at radius 2 is 1.96 bits per heavy atom. The molecule has 1 N–H and O–H groups in total. The number of hydrogen-bond donors (Lipinski definition) is 1. The van der Waals surface area contributed by atoms with Gasteiger partial charge in [0.25, 0.3) is 5.69 Å². The van der Waals surface area contributed by atoms with Crippen molar-refractivity contribution >= 4 is 29.0 Å². The van der Waals surface area contributed by atoms with Crippen LogP contribution in [-0.4, -0.2) is 33.9 Å². The second-order valence-corrected chi connectivity index (χ2v) is 6.60. The van der Waals surface area contributed by atoms with Crippen LogP contribution >= 0.6 is 11.8 Å². The van der Waals surface area contributed by atoms with Crippen molar-refractivity contribution in [3.63, 3.8) is 0 Å². The van der Waals surface area contributed by atoms with Crippen LogP contribution in [0.5, 0.6) is 5.75 Å². The number of aromatic nitrogens is 2. The lowest BCUT2D eigenvalue weighted by Gasteiger charge is -2.07. The van der Waals surface area contributed by atoms with Crippen LogP contribution in [-0.2, 0) is 4.79 Å². The van der Waals surface area contributed by atoms with Gasteiger partial charge >= 0.3 is 0 Å². The molecule has 0 spiro atoms. The molecule has 9 heteroatoms. The fourth-order valence-corrected chi connectivity index (χ4v) is 3.04. The van der Waals surface area contributed by atoms with Gasteiger partial charge in [-0.3, -0.25) is 14.9 Å². The summed E-state index contributed by atoms with van der Waals surface area (Å²) in [6.07, 6.45) is 0. The van der Waals surface area contributed by atoms with Gasteiger partial charge in [0, 0.05) is 23.4 Å². The third-order valence-corrected chi connectivity index (χ3v) is 4.63. The van der Waals surface area contributed by atoms with Crippen LogP contribution in [0.2, 0.25) is 0 Å². The molecule has 1 aromatic heterocycles. The highest BCUT2D eigenvalue weighted by Crippen LogP contribution is 2.28. The number of anilines is 1. The Hall–Kier alpha value is -3.46. The first-order chi connectivity index (χ1) is 13.6. The number of nitrogens with zero attached hydrogens (tertiary/aromatic N) is 3. The SMILES string of the molecule is COc1ccccc1-c1ccc(SCC(=O)Nc2cccc([N+](=O)[O-])c2)nn1. The van der Waals surface area contributed by atoms with E-state index in [0.717, 1.165) is 5.56 Å². The summed E-state index contributed by atoms with van der Waals surface area (Å²) in [7, 11) is 1.59. The Balaban J connectivity index is 1.60. The Labute approximate surface area is 165 Å². The smallest absolute Gasteiger partial charge is 0.271 e. The number of carbonyl (C=O) groups is 1. The predicted molar refractivity (Wildman–Crippen MR) is 106 cm³/mol. The fourth-order valence-electron chi connectivity index (χ4n) is 2.43. The summed E-state index contributed by atoms with van der Waals surface area (Å²) in [5.41, 5.74) is 1.79. The van der Waals surface area contributed by atoms with Crippen molar-refractivity contribution in [2.75, 3.05) is 18.2 Å². The van der Waals surface area contributed by atoms with E-state index in [1.54, 1.807) is 19.2 Å². The van der Waals surface area contributed by atoms with Gasteiger partial charge in [0.2, 0.25) is 5.91 Å². The highest BCUT2D eigenvalue weighted by Gasteiger charge is 2.10. The predicted octanol–water partition coefficient (Wildman–Crippen LogP) is 3.79. The number of amides is 1. The fraction of sp³-hybridized carbons (Fsp3) is 0.105. The van der Waals surface area contributed by atoms with Crippen LogP contribution in [0.15, 0.2) is 65.7 Å². The van der Waals surface area contributed by atoms with E-state index in [1.165, 1.54) is 30.0 Å². The summed E-state index contributed by atoms with van der Waals surface area (Å²) in [5.74, 6) is 0.514. The number of nitrogens with one attached hydrogen (secondary N) is 1. The molecule has 28 heavy (non-hydrogen) atoms. The van der Waals surface area contributed by atoms with E-state index in [4.69, 9.17) is 4.74 Å². The lowest BCUT2D eigenvalue weighted by Crippen LogP contribution is -2.14.